The van der Waals surface area contributed by atoms with Crippen molar-refractivity contribution < 1.29 is 0 Å². The van der Waals surface area contributed by atoms with Crippen LogP contribution in [-0.4, -0.2) is 13.6 Å². The van der Waals surface area contributed by atoms with Gasteiger partial charge in [-0.1, -0.05) is 42.1 Å². The maximum absolute atomic E-state index is 3.19. The third kappa shape index (κ3) is 5.20. The lowest BCUT2D eigenvalue weighted by Crippen LogP contribution is -2.08. The zero-order chi connectivity index (χ0) is 13.5. The molecule has 0 atom stereocenters. The Labute approximate surface area is 132 Å². The molecule has 0 saturated heterocycles. The van der Waals surface area contributed by atoms with E-state index in [-0.39, 0.29) is 12.4 Å². The van der Waals surface area contributed by atoms with E-state index in [0.29, 0.717) is 0 Å². The minimum Gasteiger partial charge on any atom is -0.320 e. The Hall–Kier alpha value is -0.960. The van der Waals surface area contributed by atoms with Gasteiger partial charge in [0.15, 0.2) is 0 Å². The molecule has 2 aromatic carbocycles. The first-order valence-corrected chi connectivity index (χ1v) is 7.58. The predicted octanol–water partition coefficient (Wildman–Crippen LogP) is 4.72. The molecular weight excluding hydrogens is 286 g/mol. The Morgan fingerprint density at radius 1 is 1.05 bits per heavy atom. The van der Waals surface area contributed by atoms with E-state index in [0.717, 1.165) is 13.0 Å². The summed E-state index contributed by atoms with van der Waals surface area (Å²) in [6.45, 7) is 3.24. The number of halogens is 1. The summed E-state index contributed by atoms with van der Waals surface area (Å²) in [6.07, 6.45) is 2.33. The Kier molecular flexibility index (Phi) is 7.75. The van der Waals surface area contributed by atoms with Crippen LogP contribution in [0.3, 0.4) is 0 Å². The highest BCUT2D eigenvalue weighted by atomic mass is 35.5. The summed E-state index contributed by atoms with van der Waals surface area (Å²) in [5.74, 6) is 0. The van der Waals surface area contributed by atoms with Crippen LogP contribution in [0.5, 0.6) is 0 Å². The molecule has 0 amide bonds. The fraction of sp³-hybridized carbons (Fsp3) is 0.294. The quantitative estimate of drug-likeness (QED) is 0.775. The third-order valence-electron chi connectivity index (χ3n) is 3.11. The molecule has 0 aromatic heterocycles. The molecule has 1 nitrogen and oxygen atoms in total. The Morgan fingerprint density at radius 3 is 2.60 bits per heavy atom. The number of rotatable bonds is 6. The van der Waals surface area contributed by atoms with Gasteiger partial charge in [-0.05, 0) is 62.7 Å². The number of aryl methyl sites for hydroxylation is 2. The van der Waals surface area contributed by atoms with E-state index in [4.69, 9.17) is 0 Å². The van der Waals surface area contributed by atoms with Crippen molar-refractivity contribution in [3.63, 3.8) is 0 Å². The van der Waals surface area contributed by atoms with Crippen molar-refractivity contribution in [1.29, 1.82) is 0 Å². The minimum atomic E-state index is 0. The summed E-state index contributed by atoms with van der Waals surface area (Å²) >= 11 is 1.85. The second-order valence-electron chi connectivity index (χ2n) is 4.72. The van der Waals surface area contributed by atoms with Crippen molar-refractivity contribution in [2.45, 2.75) is 29.6 Å². The van der Waals surface area contributed by atoms with Crippen LogP contribution in [0.2, 0.25) is 0 Å². The van der Waals surface area contributed by atoms with Gasteiger partial charge in [0.2, 0.25) is 0 Å². The topological polar surface area (TPSA) is 12.0 Å². The van der Waals surface area contributed by atoms with Gasteiger partial charge in [0, 0.05) is 9.79 Å². The third-order valence-corrected chi connectivity index (χ3v) is 4.28. The molecule has 0 unspecified atom stereocenters. The molecule has 0 radical (unpaired) electrons. The summed E-state index contributed by atoms with van der Waals surface area (Å²) in [5.41, 5.74) is 2.77. The van der Waals surface area contributed by atoms with Crippen LogP contribution in [0.4, 0.5) is 0 Å². The lowest BCUT2D eigenvalue weighted by atomic mass is 10.1. The van der Waals surface area contributed by atoms with E-state index in [2.05, 4.69) is 60.8 Å². The van der Waals surface area contributed by atoms with Crippen LogP contribution >= 0.6 is 24.2 Å². The normalized spacial score (nSPS) is 10.1. The second-order valence-corrected chi connectivity index (χ2v) is 5.84. The van der Waals surface area contributed by atoms with Gasteiger partial charge in [-0.2, -0.15) is 0 Å². The lowest BCUT2D eigenvalue weighted by molar-refractivity contribution is 0.724. The largest absolute Gasteiger partial charge is 0.320 e. The van der Waals surface area contributed by atoms with E-state index in [1.54, 1.807) is 0 Å². The van der Waals surface area contributed by atoms with E-state index in [1.807, 2.05) is 18.8 Å². The van der Waals surface area contributed by atoms with Crippen LogP contribution in [0.1, 0.15) is 17.5 Å². The first-order chi connectivity index (χ1) is 9.29. The van der Waals surface area contributed by atoms with Gasteiger partial charge in [0.25, 0.3) is 0 Å². The van der Waals surface area contributed by atoms with Crippen LogP contribution in [0.15, 0.2) is 58.3 Å². The Morgan fingerprint density at radius 2 is 1.85 bits per heavy atom. The minimum absolute atomic E-state index is 0. The second kappa shape index (κ2) is 9.06. The van der Waals surface area contributed by atoms with Crippen LogP contribution in [0, 0.1) is 6.92 Å². The van der Waals surface area contributed by atoms with Gasteiger partial charge in [-0.25, -0.2) is 0 Å². The smallest absolute Gasteiger partial charge is 0.0151 e. The maximum Gasteiger partial charge on any atom is 0.0151 e. The number of benzene rings is 2. The molecule has 1 N–H and O–H groups in total. The van der Waals surface area contributed by atoms with E-state index in [9.17, 15) is 0 Å². The van der Waals surface area contributed by atoms with Crippen molar-refractivity contribution in [3.8, 4) is 0 Å². The van der Waals surface area contributed by atoms with E-state index in [1.165, 1.54) is 27.3 Å². The van der Waals surface area contributed by atoms with Crippen molar-refractivity contribution in [2.75, 3.05) is 13.6 Å². The molecule has 3 heteroatoms. The maximum atomic E-state index is 3.19. The van der Waals surface area contributed by atoms with Gasteiger partial charge >= 0.3 is 0 Å². The fourth-order valence-electron chi connectivity index (χ4n) is 2.03. The van der Waals surface area contributed by atoms with Crippen molar-refractivity contribution in [3.05, 3.63) is 59.7 Å². The van der Waals surface area contributed by atoms with Gasteiger partial charge in [-0.15, -0.1) is 12.4 Å². The summed E-state index contributed by atoms with van der Waals surface area (Å²) in [6, 6.07) is 17.4. The van der Waals surface area contributed by atoms with E-state index >= 15 is 0 Å². The van der Waals surface area contributed by atoms with Crippen LogP contribution in [-0.2, 0) is 6.42 Å². The zero-order valence-electron chi connectivity index (χ0n) is 12.1. The van der Waals surface area contributed by atoms with Crippen LogP contribution < -0.4 is 5.32 Å². The molecule has 0 aliphatic carbocycles. The molecule has 0 fully saturated rings. The average Bonchev–Trinajstić information content (AvgIpc) is 2.42. The monoisotopic (exact) mass is 307 g/mol. The number of hydrogen-bond donors (Lipinski definition) is 1. The standard InChI is InChI=1S/C17H21NS.ClH/c1-14-7-3-4-11-17(14)19-16-10-5-8-15(13-16)9-6-12-18-2;/h3-5,7-8,10-11,13,18H,6,9,12H2,1-2H3;1H. The highest BCUT2D eigenvalue weighted by molar-refractivity contribution is 7.99. The van der Waals surface area contributed by atoms with E-state index < -0.39 is 0 Å². The zero-order valence-corrected chi connectivity index (χ0v) is 13.7. The highest BCUT2D eigenvalue weighted by Gasteiger charge is 2.01. The SMILES string of the molecule is CNCCCc1cccc(Sc2ccccc2C)c1.Cl. The number of nitrogens with one attached hydrogen (secondary N) is 1. The van der Waals surface area contributed by atoms with Crippen molar-refractivity contribution in [1.82, 2.24) is 5.32 Å². The Balaban J connectivity index is 0.00000200. The summed E-state index contributed by atoms with van der Waals surface area (Å²) in [5, 5.41) is 3.19. The molecule has 0 spiro atoms. The summed E-state index contributed by atoms with van der Waals surface area (Å²) < 4.78 is 0. The molecule has 0 bridgehead atoms. The molecule has 2 rings (SSSR count). The predicted molar refractivity (Wildman–Crippen MR) is 91.2 cm³/mol. The first-order valence-electron chi connectivity index (χ1n) is 6.76. The molecule has 0 heterocycles. The highest BCUT2D eigenvalue weighted by Crippen LogP contribution is 2.30. The van der Waals surface area contributed by atoms with Gasteiger partial charge < -0.3 is 5.32 Å². The lowest BCUT2D eigenvalue weighted by Gasteiger charge is -2.07. The van der Waals surface area contributed by atoms with Crippen molar-refractivity contribution in [2.24, 2.45) is 0 Å². The summed E-state index contributed by atoms with van der Waals surface area (Å²) in [7, 11) is 2.00. The fourth-order valence-corrected chi connectivity index (χ4v) is 3.02. The molecular formula is C17H22ClNS. The van der Waals surface area contributed by atoms with Gasteiger partial charge in [-0.3, -0.25) is 0 Å². The number of hydrogen-bond acceptors (Lipinski definition) is 2. The first kappa shape index (κ1) is 17.1. The van der Waals surface area contributed by atoms with Crippen LogP contribution in [0.25, 0.3) is 0 Å². The Bertz CT molecular complexity index is 528. The molecule has 20 heavy (non-hydrogen) atoms. The summed E-state index contributed by atoms with van der Waals surface area (Å²) in [4.78, 5) is 2.67. The van der Waals surface area contributed by atoms with Gasteiger partial charge in [0.1, 0.15) is 0 Å². The molecule has 2 aromatic rings. The molecule has 108 valence electrons. The average molecular weight is 308 g/mol. The molecule has 0 saturated carbocycles. The molecule has 0 aliphatic rings. The van der Waals surface area contributed by atoms with Crippen molar-refractivity contribution >= 4 is 24.2 Å². The van der Waals surface area contributed by atoms with Gasteiger partial charge in [0.05, 0.1) is 0 Å². The molecule has 0 aliphatic heterocycles.